The fourth-order valence-corrected chi connectivity index (χ4v) is 2.42. The SMILES string of the molecule is C=C(Oc1ccc(OC)cc1)C1OC(=O)OC1(CC)CC. The van der Waals surface area contributed by atoms with Gasteiger partial charge in [0.1, 0.15) is 17.3 Å². The summed E-state index contributed by atoms with van der Waals surface area (Å²) in [5.41, 5.74) is -0.708. The molecule has 114 valence electrons. The Kier molecular flexibility index (Phi) is 4.40. The fourth-order valence-electron chi connectivity index (χ4n) is 2.42. The zero-order chi connectivity index (χ0) is 15.5. The van der Waals surface area contributed by atoms with Gasteiger partial charge >= 0.3 is 6.16 Å². The van der Waals surface area contributed by atoms with Gasteiger partial charge in [-0.2, -0.15) is 0 Å². The molecule has 0 amide bonds. The Morgan fingerprint density at radius 2 is 1.81 bits per heavy atom. The molecule has 1 atom stereocenters. The van der Waals surface area contributed by atoms with Crippen molar-refractivity contribution in [2.45, 2.75) is 38.4 Å². The molecule has 1 heterocycles. The van der Waals surface area contributed by atoms with Crippen molar-refractivity contribution in [3.63, 3.8) is 0 Å². The van der Waals surface area contributed by atoms with E-state index in [9.17, 15) is 4.79 Å². The number of carbonyl (C=O) groups is 1. The highest BCUT2D eigenvalue weighted by molar-refractivity contribution is 5.64. The van der Waals surface area contributed by atoms with Crippen molar-refractivity contribution in [3.8, 4) is 11.5 Å². The van der Waals surface area contributed by atoms with Crippen LogP contribution in [0.5, 0.6) is 11.5 Å². The van der Waals surface area contributed by atoms with Crippen LogP contribution in [0.4, 0.5) is 4.79 Å². The van der Waals surface area contributed by atoms with Gasteiger partial charge in [-0.25, -0.2) is 4.79 Å². The monoisotopic (exact) mass is 292 g/mol. The van der Waals surface area contributed by atoms with E-state index in [1.807, 2.05) is 13.8 Å². The minimum absolute atomic E-state index is 0.356. The van der Waals surface area contributed by atoms with Crippen molar-refractivity contribution in [1.82, 2.24) is 0 Å². The van der Waals surface area contributed by atoms with Gasteiger partial charge in [0.25, 0.3) is 0 Å². The van der Waals surface area contributed by atoms with Gasteiger partial charge in [0.05, 0.1) is 7.11 Å². The van der Waals surface area contributed by atoms with Crippen LogP contribution in [0, 0.1) is 0 Å². The summed E-state index contributed by atoms with van der Waals surface area (Å²) < 4.78 is 21.3. The van der Waals surface area contributed by atoms with Crippen molar-refractivity contribution < 1.29 is 23.7 Å². The molecule has 0 spiro atoms. The van der Waals surface area contributed by atoms with Crippen LogP contribution in [0.15, 0.2) is 36.6 Å². The molecule has 0 aliphatic carbocycles. The quantitative estimate of drug-likeness (QED) is 0.591. The van der Waals surface area contributed by atoms with Crippen molar-refractivity contribution in [1.29, 1.82) is 0 Å². The molecular formula is C16H20O5. The van der Waals surface area contributed by atoms with E-state index in [0.717, 1.165) is 5.75 Å². The standard InChI is InChI=1S/C16H20O5/c1-5-16(6-2)14(20-15(17)21-16)11(3)19-13-9-7-12(18-4)8-10-13/h7-10,14H,3,5-6H2,1-2,4H3. The summed E-state index contributed by atoms with van der Waals surface area (Å²) >= 11 is 0. The molecule has 0 N–H and O–H groups in total. The summed E-state index contributed by atoms with van der Waals surface area (Å²) in [5, 5.41) is 0. The van der Waals surface area contributed by atoms with E-state index >= 15 is 0 Å². The molecule has 0 bridgehead atoms. The maximum atomic E-state index is 11.5. The van der Waals surface area contributed by atoms with E-state index in [0.29, 0.717) is 24.4 Å². The largest absolute Gasteiger partial charge is 0.509 e. The van der Waals surface area contributed by atoms with Crippen molar-refractivity contribution in [3.05, 3.63) is 36.6 Å². The summed E-state index contributed by atoms with van der Waals surface area (Å²) in [5.74, 6) is 1.69. The molecule has 1 saturated heterocycles. The van der Waals surface area contributed by atoms with Gasteiger partial charge in [0, 0.05) is 0 Å². The molecule has 0 aromatic heterocycles. The number of rotatable bonds is 6. The van der Waals surface area contributed by atoms with Crippen molar-refractivity contribution in [2.75, 3.05) is 7.11 Å². The first-order chi connectivity index (χ1) is 10.0. The molecule has 1 aliphatic heterocycles. The van der Waals surface area contributed by atoms with Crippen LogP contribution in [0.1, 0.15) is 26.7 Å². The Morgan fingerprint density at radius 1 is 1.24 bits per heavy atom. The van der Waals surface area contributed by atoms with Crippen molar-refractivity contribution >= 4 is 6.16 Å². The lowest BCUT2D eigenvalue weighted by Gasteiger charge is -2.29. The van der Waals surface area contributed by atoms with Crippen LogP contribution in [-0.2, 0) is 9.47 Å². The first-order valence-electron chi connectivity index (χ1n) is 6.95. The molecule has 1 fully saturated rings. The van der Waals surface area contributed by atoms with Crippen LogP contribution < -0.4 is 9.47 Å². The second-order valence-electron chi connectivity index (χ2n) is 4.87. The number of ether oxygens (including phenoxy) is 4. The summed E-state index contributed by atoms with van der Waals surface area (Å²) in [6.07, 6.45) is -0.0271. The van der Waals surface area contributed by atoms with Gasteiger partial charge in [-0.3, -0.25) is 0 Å². The number of benzene rings is 1. The second-order valence-corrected chi connectivity index (χ2v) is 4.87. The average Bonchev–Trinajstić information content (AvgIpc) is 2.85. The van der Waals surface area contributed by atoms with Crippen molar-refractivity contribution in [2.24, 2.45) is 0 Å². The highest BCUT2D eigenvalue weighted by Crippen LogP contribution is 2.37. The molecule has 0 radical (unpaired) electrons. The zero-order valence-corrected chi connectivity index (χ0v) is 12.5. The van der Waals surface area contributed by atoms with E-state index in [-0.39, 0.29) is 0 Å². The van der Waals surface area contributed by atoms with Gasteiger partial charge in [0.2, 0.25) is 6.10 Å². The summed E-state index contributed by atoms with van der Waals surface area (Å²) in [4.78, 5) is 11.5. The molecule has 1 aromatic rings. The molecule has 0 saturated carbocycles. The molecule has 1 unspecified atom stereocenters. The van der Waals surface area contributed by atoms with Gasteiger partial charge in [-0.05, 0) is 37.1 Å². The third-order valence-corrected chi connectivity index (χ3v) is 3.78. The second kappa shape index (κ2) is 6.08. The molecule has 21 heavy (non-hydrogen) atoms. The lowest BCUT2D eigenvalue weighted by atomic mass is 9.90. The number of carbonyl (C=O) groups excluding carboxylic acids is 1. The average molecular weight is 292 g/mol. The topological polar surface area (TPSA) is 54.0 Å². The Labute approximate surface area is 124 Å². The van der Waals surface area contributed by atoms with Gasteiger partial charge < -0.3 is 18.9 Å². The van der Waals surface area contributed by atoms with E-state index in [1.165, 1.54) is 0 Å². The normalized spacial score (nSPS) is 19.6. The Hall–Kier alpha value is -2.17. The van der Waals surface area contributed by atoms with E-state index in [2.05, 4.69) is 6.58 Å². The molecule has 1 aliphatic rings. The Bertz CT molecular complexity index is 516. The summed E-state index contributed by atoms with van der Waals surface area (Å²) in [6, 6.07) is 7.10. The third-order valence-electron chi connectivity index (χ3n) is 3.78. The Balaban J connectivity index is 2.12. The highest BCUT2D eigenvalue weighted by atomic mass is 16.8. The van der Waals surface area contributed by atoms with Crippen LogP contribution in [0.25, 0.3) is 0 Å². The predicted molar refractivity (Wildman–Crippen MR) is 77.4 cm³/mol. The summed E-state index contributed by atoms with van der Waals surface area (Å²) in [6.45, 7) is 7.78. The highest BCUT2D eigenvalue weighted by Gasteiger charge is 2.51. The van der Waals surface area contributed by atoms with Crippen LogP contribution >= 0.6 is 0 Å². The van der Waals surface area contributed by atoms with Gasteiger partial charge in [-0.15, -0.1) is 0 Å². The molecular weight excluding hydrogens is 272 g/mol. The maximum absolute atomic E-state index is 11.5. The van der Waals surface area contributed by atoms with Crippen LogP contribution in [0.3, 0.4) is 0 Å². The number of cyclic esters (lactones) is 2. The van der Waals surface area contributed by atoms with Gasteiger partial charge in [0.15, 0.2) is 5.60 Å². The summed E-state index contributed by atoms with van der Waals surface area (Å²) in [7, 11) is 1.60. The lowest BCUT2D eigenvalue weighted by molar-refractivity contribution is 0.0225. The first-order valence-corrected chi connectivity index (χ1v) is 6.95. The predicted octanol–water partition coefficient (Wildman–Crippen LogP) is 3.68. The van der Waals surface area contributed by atoms with E-state index in [1.54, 1.807) is 31.4 Å². The third kappa shape index (κ3) is 2.96. The molecule has 1 aromatic carbocycles. The van der Waals surface area contributed by atoms with Crippen LogP contribution in [-0.4, -0.2) is 25.0 Å². The minimum Gasteiger partial charge on any atom is -0.497 e. The van der Waals surface area contributed by atoms with Crippen LogP contribution in [0.2, 0.25) is 0 Å². The Morgan fingerprint density at radius 3 is 2.33 bits per heavy atom. The fraction of sp³-hybridized carbons (Fsp3) is 0.438. The number of hydrogen-bond donors (Lipinski definition) is 0. The van der Waals surface area contributed by atoms with E-state index in [4.69, 9.17) is 18.9 Å². The minimum atomic E-state index is -0.708. The van der Waals surface area contributed by atoms with Gasteiger partial charge in [-0.1, -0.05) is 20.4 Å². The zero-order valence-electron chi connectivity index (χ0n) is 12.5. The maximum Gasteiger partial charge on any atom is 0.509 e. The van der Waals surface area contributed by atoms with E-state index < -0.39 is 17.9 Å². The first kappa shape index (κ1) is 15.2. The molecule has 2 rings (SSSR count). The molecule has 5 heteroatoms. The smallest absolute Gasteiger partial charge is 0.497 e. The number of hydrogen-bond acceptors (Lipinski definition) is 5. The number of methoxy groups -OCH3 is 1. The molecule has 5 nitrogen and oxygen atoms in total. The lowest BCUT2D eigenvalue weighted by Crippen LogP contribution is -2.40.